The Labute approximate surface area is 110 Å². The molecule has 0 radical (unpaired) electrons. The van der Waals surface area contributed by atoms with Gasteiger partial charge in [0.2, 0.25) is 0 Å². The van der Waals surface area contributed by atoms with Crippen LogP contribution in [0.2, 0.25) is 0 Å². The number of carboxylic acid groups (broad SMARTS) is 1. The van der Waals surface area contributed by atoms with Crippen LogP contribution in [-0.4, -0.2) is 28.2 Å². The van der Waals surface area contributed by atoms with Crippen molar-refractivity contribution >= 4 is 12.0 Å². The standard InChI is InChI=1S/C14H12N2O3/c1-19-12-5-2-10(3-6-12)14-11(4-7-13(17)18)8-15-9-16-14/h2-9H,1H3,(H,17,18)/b7-4+. The van der Waals surface area contributed by atoms with Crippen molar-refractivity contribution in [2.24, 2.45) is 0 Å². The van der Waals surface area contributed by atoms with Gasteiger partial charge in [0.05, 0.1) is 12.8 Å². The molecule has 0 bridgehead atoms. The molecule has 0 spiro atoms. The Hall–Kier alpha value is -2.69. The summed E-state index contributed by atoms with van der Waals surface area (Å²) in [6, 6.07) is 7.36. The first-order valence-corrected chi connectivity index (χ1v) is 5.56. The van der Waals surface area contributed by atoms with E-state index in [0.717, 1.165) is 17.4 Å². The van der Waals surface area contributed by atoms with Gasteiger partial charge in [-0.1, -0.05) is 0 Å². The van der Waals surface area contributed by atoms with Crippen LogP contribution in [-0.2, 0) is 4.79 Å². The molecule has 1 N–H and O–H groups in total. The minimum atomic E-state index is -1.01. The number of rotatable bonds is 4. The second kappa shape index (κ2) is 5.77. The zero-order chi connectivity index (χ0) is 13.7. The van der Waals surface area contributed by atoms with Crippen molar-refractivity contribution < 1.29 is 14.6 Å². The van der Waals surface area contributed by atoms with Crippen molar-refractivity contribution in [3.05, 3.63) is 48.4 Å². The van der Waals surface area contributed by atoms with Crippen LogP contribution in [0, 0.1) is 0 Å². The fourth-order valence-corrected chi connectivity index (χ4v) is 1.61. The zero-order valence-electron chi connectivity index (χ0n) is 10.3. The van der Waals surface area contributed by atoms with Crippen molar-refractivity contribution in [1.29, 1.82) is 0 Å². The Balaban J connectivity index is 2.40. The average Bonchev–Trinajstić information content (AvgIpc) is 2.45. The molecule has 0 aliphatic carbocycles. The number of nitrogens with zero attached hydrogens (tertiary/aromatic N) is 2. The molecule has 5 nitrogen and oxygen atoms in total. The quantitative estimate of drug-likeness (QED) is 0.849. The normalized spacial score (nSPS) is 10.6. The van der Waals surface area contributed by atoms with Crippen molar-refractivity contribution in [2.75, 3.05) is 7.11 Å². The Morgan fingerprint density at radius 2 is 2.05 bits per heavy atom. The highest BCUT2D eigenvalue weighted by Gasteiger charge is 2.05. The second-order valence-electron chi connectivity index (χ2n) is 3.73. The van der Waals surface area contributed by atoms with Gasteiger partial charge in [-0.2, -0.15) is 0 Å². The van der Waals surface area contributed by atoms with Gasteiger partial charge in [-0.25, -0.2) is 14.8 Å². The third-order valence-corrected chi connectivity index (χ3v) is 2.51. The lowest BCUT2D eigenvalue weighted by Crippen LogP contribution is -1.92. The van der Waals surface area contributed by atoms with E-state index in [1.165, 1.54) is 12.4 Å². The molecule has 0 aliphatic heterocycles. The van der Waals surface area contributed by atoms with Crippen LogP contribution in [0.4, 0.5) is 0 Å². The summed E-state index contributed by atoms with van der Waals surface area (Å²) in [4.78, 5) is 18.6. The smallest absolute Gasteiger partial charge is 0.328 e. The average molecular weight is 256 g/mol. The third kappa shape index (κ3) is 3.16. The summed E-state index contributed by atoms with van der Waals surface area (Å²) in [5, 5.41) is 8.66. The number of aliphatic carboxylic acids is 1. The zero-order valence-corrected chi connectivity index (χ0v) is 10.3. The number of hydrogen-bond donors (Lipinski definition) is 1. The molecular formula is C14H12N2O3. The molecule has 1 aromatic heterocycles. The molecule has 96 valence electrons. The van der Waals surface area contributed by atoms with Gasteiger partial charge in [-0.05, 0) is 30.3 Å². The molecule has 1 aromatic carbocycles. The maximum absolute atomic E-state index is 10.6. The summed E-state index contributed by atoms with van der Waals surface area (Å²) in [5.41, 5.74) is 2.19. The first kappa shape index (κ1) is 12.8. The van der Waals surface area contributed by atoms with Crippen LogP contribution in [0.3, 0.4) is 0 Å². The van der Waals surface area contributed by atoms with Crippen LogP contribution in [0.1, 0.15) is 5.56 Å². The van der Waals surface area contributed by atoms with E-state index in [-0.39, 0.29) is 0 Å². The van der Waals surface area contributed by atoms with E-state index in [1.807, 2.05) is 24.3 Å². The summed E-state index contributed by atoms with van der Waals surface area (Å²) in [5.74, 6) is -0.259. The number of carboxylic acids is 1. The van der Waals surface area contributed by atoms with E-state index in [9.17, 15) is 4.79 Å². The van der Waals surface area contributed by atoms with Gasteiger partial charge in [-0.15, -0.1) is 0 Å². The molecule has 0 fully saturated rings. The van der Waals surface area contributed by atoms with E-state index >= 15 is 0 Å². The fraction of sp³-hybridized carbons (Fsp3) is 0.0714. The highest BCUT2D eigenvalue weighted by molar-refractivity contribution is 5.87. The summed E-state index contributed by atoms with van der Waals surface area (Å²) < 4.78 is 5.09. The van der Waals surface area contributed by atoms with Gasteiger partial charge >= 0.3 is 5.97 Å². The molecule has 0 atom stereocenters. The van der Waals surface area contributed by atoms with Gasteiger partial charge in [0, 0.05) is 23.4 Å². The van der Waals surface area contributed by atoms with E-state index in [0.29, 0.717) is 11.3 Å². The SMILES string of the molecule is COc1ccc(-c2ncncc2/C=C/C(=O)O)cc1. The predicted molar refractivity (Wildman–Crippen MR) is 70.7 cm³/mol. The van der Waals surface area contributed by atoms with Gasteiger partial charge in [0.25, 0.3) is 0 Å². The fourth-order valence-electron chi connectivity index (χ4n) is 1.61. The Morgan fingerprint density at radius 1 is 1.32 bits per heavy atom. The molecule has 1 heterocycles. The van der Waals surface area contributed by atoms with Gasteiger partial charge in [0.1, 0.15) is 12.1 Å². The lowest BCUT2D eigenvalue weighted by atomic mass is 10.1. The molecule has 0 amide bonds. The third-order valence-electron chi connectivity index (χ3n) is 2.51. The van der Waals surface area contributed by atoms with E-state index < -0.39 is 5.97 Å². The number of hydrogen-bond acceptors (Lipinski definition) is 4. The highest BCUT2D eigenvalue weighted by atomic mass is 16.5. The minimum Gasteiger partial charge on any atom is -0.497 e. The van der Waals surface area contributed by atoms with Gasteiger partial charge in [-0.3, -0.25) is 0 Å². The van der Waals surface area contributed by atoms with E-state index in [1.54, 1.807) is 13.3 Å². The van der Waals surface area contributed by atoms with E-state index in [2.05, 4.69) is 9.97 Å². The van der Waals surface area contributed by atoms with Crippen LogP contribution in [0.15, 0.2) is 42.9 Å². The largest absolute Gasteiger partial charge is 0.497 e. The number of carbonyl (C=O) groups is 1. The summed E-state index contributed by atoms with van der Waals surface area (Å²) >= 11 is 0. The lowest BCUT2D eigenvalue weighted by molar-refractivity contribution is -0.131. The Morgan fingerprint density at radius 3 is 2.68 bits per heavy atom. The molecule has 0 aliphatic rings. The van der Waals surface area contributed by atoms with Gasteiger partial charge < -0.3 is 9.84 Å². The monoisotopic (exact) mass is 256 g/mol. The Bertz CT molecular complexity index is 606. The van der Waals surface area contributed by atoms with Crippen LogP contribution < -0.4 is 4.74 Å². The minimum absolute atomic E-state index is 0.648. The van der Waals surface area contributed by atoms with Crippen LogP contribution in [0.5, 0.6) is 5.75 Å². The van der Waals surface area contributed by atoms with Crippen molar-refractivity contribution in [2.45, 2.75) is 0 Å². The maximum atomic E-state index is 10.6. The summed E-state index contributed by atoms with van der Waals surface area (Å²) in [6.45, 7) is 0. The molecule has 0 saturated carbocycles. The summed E-state index contributed by atoms with van der Waals surface area (Å²) in [6.07, 6.45) is 5.54. The van der Waals surface area contributed by atoms with Crippen molar-refractivity contribution in [1.82, 2.24) is 9.97 Å². The lowest BCUT2D eigenvalue weighted by Gasteiger charge is -2.05. The molecular weight excluding hydrogens is 244 g/mol. The number of ether oxygens (including phenoxy) is 1. The first-order chi connectivity index (χ1) is 9.20. The molecule has 0 saturated heterocycles. The van der Waals surface area contributed by atoms with Crippen molar-refractivity contribution in [3.63, 3.8) is 0 Å². The number of methoxy groups -OCH3 is 1. The highest BCUT2D eigenvalue weighted by Crippen LogP contribution is 2.23. The van der Waals surface area contributed by atoms with Crippen LogP contribution in [0.25, 0.3) is 17.3 Å². The van der Waals surface area contributed by atoms with E-state index in [4.69, 9.17) is 9.84 Å². The maximum Gasteiger partial charge on any atom is 0.328 e. The molecule has 2 rings (SSSR count). The predicted octanol–water partition coefficient (Wildman–Crippen LogP) is 2.25. The van der Waals surface area contributed by atoms with Crippen molar-refractivity contribution in [3.8, 4) is 17.0 Å². The Kier molecular flexibility index (Phi) is 3.87. The topological polar surface area (TPSA) is 72.3 Å². The number of benzene rings is 1. The first-order valence-electron chi connectivity index (χ1n) is 5.56. The van der Waals surface area contributed by atoms with Gasteiger partial charge in [0.15, 0.2) is 0 Å². The van der Waals surface area contributed by atoms with Crippen LogP contribution >= 0.6 is 0 Å². The second-order valence-corrected chi connectivity index (χ2v) is 3.73. The molecule has 5 heteroatoms. The summed E-state index contributed by atoms with van der Waals surface area (Å²) in [7, 11) is 1.60. The number of aromatic nitrogens is 2. The molecule has 2 aromatic rings. The molecule has 19 heavy (non-hydrogen) atoms. The molecule has 0 unspecified atom stereocenters.